The van der Waals surface area contributed by atoms with Gasteiger partial charge in [-0.25, -0.2) is 4.39 Å². The molecule has 1 saturated carbocycles. The minimum atomic E-state index is -3.67. The van der Waals surface area contributed by atoms with Crippen LogP contribution in [0.5, 0.6) is 0 Å². The number of nitrogens with zero attached hydrogens (tertiary/aromatic N) is 4. The lowest BCUT2D eigenvalue weighted by molar-refractivity contribution is -0.134. The monoisotopic (exact) mass is 487 g/mol. The predicted octanol–water partition coefficient (Wildman–Crippen LogP) is 4.49. The number of alkyl halides is 2. The van der Waals surface area contributed by atoms with Crippen LogP contribution in [0.25, 0.3) is 10.9 Å². The summed E-state index contributed by atoms with van der Waals surface area (Å²) in [5.74, 6) is -4.33. The number of hydrogen-bond donors (Lipinski definition) is 2. The summed E-state index contributed by atoms with van der Waals surface area (Å²) in [5.41, 5.74) is -0.723. The number of nitrogens with one attached hydrogen (secondary N) is 1. The lowest BCUT2D eigenvalue weighted by atomic mass is 9.96. The van der Waals surface area contributed by atoms with Crippen LogP contribution in [-0.4, -0.2) is 52.2 Å². The SMILES string of the molecule is CO[C@H]1CCN(c2cnc3c(C)nnc(N[C@H](C)c4cccc(C(F)(F)C5(O)CC5)c4F)c3c2)C1. The fourth-order valence-corrected chi connectivity index (χ4v) is 4.68. The highest BCUT2D eigenvalue weighted by Crippen LogP contribution is 2.54. The summed E-state index contributed by atoms with van der Waals surface area (Å²) in [5, 5.41) is 22.3. The lowest BCUT2D eigenvalue weighted by Crippen LogP contribution is -2.34. The molecule has 2 fully saturated rings. The third-order valence-electron chi connectivity index (χ3n) is 7.11. The maximum absolute atomic E-state index is 15.3. The van der Waals surface area contributed by atoms with Gasteiger partial charge in [0.2, 0.25) is 0 Å². The molecule has 3 heterocycles. The largest absolute Gasteiger partial charge is 0.383 e. The van der Waals surface area contributed by atoms with E-state index in [0.717, 1.165) is 31.3 Å². The first-order valence-electron chi connectivity index (χ1n) is 11.7. The Hall–Kier alpha value is -2.98. The second kappa shape index (κ2) is 8.60. The van der Waals surface area contributed by atoms with Crippen LogP contribution in [0.15, 0.2) is 30.5 Å². The third-order valence-corrected chi connectivity index (χ3v) is 7.11. The molecule has 2 aliphatic rings. The van der Waals surface area contributed by atoms with Crippen LogP contribution in [0.1, 0.15) is 49.0 Å². The van der Waals surface area contributed by atoms with Crippen molar-refractivity contribution in [1.82, 2.24) is 15.2 Å². The van der Waals surface area contributed by atoms with Crippen molar-refractivity contribution in [3.05, 3.63) is 53.1 Å². The second-order valence-electron chi connectivity index (χ2n) is 9.50. The maximum atomic E-state index is 15.3. The molecule has 1 aliphatic carbocycles. The van der Waals surface area contributed by atoms with Crippen LogP contribution in [0.4, 0.5) is 24.7 Å². The number of fused-ring (bicyclic) bond motifs is 1. The Morgan fingerprint density at radius 2 is 2.06 bits per heavy atom. The summed E-state index contributed by atoms with van der Waals surface area (Å²) in [7, 11) is 1.70. The Labute approximate surface area is 201 Å². The molecule has 2 N–H and O–H groups in total. The molecular formula is C25H28F3N5O2. The third kappa shape index (κ3) is 4.08. The van der Waals surface area contributed by atoms with Gasteiger partial charge in [0.15, 0.2) is 5.82 Å². The number of ether oxygens (including phenoxy) is 1. The fraction of sp³-hybridized carbons (Fsp3) is 0.480. The Morgan fingerprint density at radius 1 is 1.29 bits per heavy atom. The van der Waals surface area contributed by atoms with Crippen molar-refractivity contribution in [3.8, 4) is 0 Å². The van der Waals surface area contributed by atoms with Crippen molar-refractivity contribution < 1.29 is 23.0 Å². The van der Waals surface area contributed by atoms with E-state index in [-0.39, 0.29) is 24.5 Å². The number of hydrogen-bond acceptors (Lipinski definition) is 7. The number of methoxy groups -OCH3 is 1. The van der Waals surface area contributed by atoms with Gasteiger partial charge in [0.05, 0.1) is 40.8 Å². The molecule has 0 unspecified atom stereocenters. The van der Waals surface area contributed by atoms with Crippen molar-refractivity contribution in [1.29, 1.82) is 0 Å². The molecule has 5 rings (SSSR count). The number of halogens is 3. The van der Waals surface area contributed by atoms with Gasteiger partial charge < -0.3 is 20.1 Å². The molecular weight excluding hydrogens is 459 g/mol. The van der Waals surface area contributed by atoms with E-state index in [2.05, 4.69) is 25.4 Å². The zero-order valence-electron chi connectivity index (χ0n) is 19.9. The summed E-state index contributed by atoms with van der Waals surface area (Å²) in [6.45, 7) is 5.06. The zero-order chi connectivity index (χ0) is 25.0. The van der Waals surface area contributed by atoms with E-state index < -0.39 is 28.9 Å². The van der Waals surface area contributed by atoms with Crippen LogP contribution >= 0.6 is 0 Å². The summed E-state index contributed by atoms with van der Waals surface area (Å²) in [6.07, 6.45) is 2.75. The van der Waals surface area contributed by atoms with E-state index in [9.17, 15) is 13.9 Å². The van der Waals surface area contributed by atoms with E-state index >= 15 is 4.39 Å². The van der Waals surface area contributed by atoms with Crippen LogP contribution in [0.3, 0.4) is 0 Å². The molecule has 0 amide bonds. The molecule has 0 spiro atoms. The van der Waals surface area contributed by atoms with Crippen LogP contribution in [-0.2, 0) is 10.7 Å². The summed E-state index contributed by atoms with van der Waals surface area (Å²) >= 11 is 0. The van der Waals surface area contributed by atoms with E-state index in [1.807, 2.05) is 6.07 Å². The maximum Gasteiger partial charge on any atom is 0.304 e. The molecule has 0 radical (unpaired) electrons. The molecule has 1 aliphatic heterocycles. The van der Waals surface area contributed by atoms with Gasteiger partial charge in [-0.05, 0) is 45.2 Å². The Bertz CT molecular complexity index is 1270. The Kier molecular flexibility index (Phi) is 5.83. The molecule has 3 aromatic rings. The average molecular weight is 488 g/mol. The highest BCUT2D eigenvalue weighted by molar-refractivity contribution is 5.92. The first kappa shape index (κ1) is 23.7. The molecule has 186 valence electrons. The van der Waals surface area contributed by atoms with Gasteiger partial charge in [-0.15, -0.1) is 5.10 Å². The molecule has 1 saturated heterocycles. The topological polar surface area (TPSA) is 83.4 Å². The molecule has 1 aromatic carbocycles. The number of pyridine rings is 1. The van der Waals surface area contributed by atoms with Crippen molar-refractivity contribution >= 4 is 22.4 Å². The number of aryl methyl sites for hydroxylation is 1. The van der Waals surface area contributed by atoms with Crippen molar-refractivity contribution in [3.63, 3.8) is 0 Å². The van der Waals surface area contributed by atoms with Gasteiger partial charge in [-0.1, -0.05) is 12.1 Å². The van der Waals surface area contributed by atoms with Crippen LogP contribution in [0, 0.1) is 12.7 Å². The zero-order valence-corrected chi connectivity index (χ0v) is 19.9. The summed E-state index contributed by atoms with van der Waals surface area (Å²) in [6, 6.07) is 5.12. The van der Waals surface area contributed by atoms with Crippen LogP contribution in [0.2, 0.25) is 0 Å². The smallest absolute Gasteiger partial charge is 0.304 e. The van der Waals surface area contributed by atoms with Gasteiger partial charge in [-0.2, -0.15) is 13.9 Å². The van der Waals surface area contributed by atoms with Crippen LogP contribution < -0.4 is 10.2 Å². The van der Waals surface area contributed by atoms with E-state index in [0.29, 0.717) is 22.4 Å². The lowest BCUT2D eigenvalue weighted by Gasteiger charge is -2.25. The fourth-order valence-electron chi connectivity index (χ4n) is 4.68. The molecule has 35 heavy (non-hydrogen) atoms. The second-order valence-corrected chi connectivity index (χ2v) is 9.50. The number of rotatable bonds is 7. The Balaban J connectivity index is 1.47. The highest BCUT2D eigenvalue weighted by atomic mass is 19.3. The molecule has 7 nitrogen and oxygen atoms in total. The minimum absolute atomic E-state index is 0.0496. The van der Waals surface area contributed by atoms with E-state index in [1.54, 1.807) is 27.2 Å². The minimum Gasteiger partial charge on any atom is -0.383 e. The predicted molar refractivity (Wildman–Crippen MR) is 126 cm³/mol. The number of aromatic nitrogens is 3. The van der Waals surface area contributed by atoms with Gasteiger partial charge in [-0.3, -0.25) is 4.98 Å². The Morgan fingerprint density at radius 3 is 2.74 bits per heavy atom. The van der Waals surface area contributed by atoms with Gasteiger partial charge in [0, 0.05) is 31.1 Å². The average Bonchev–Trinajstić information content (AvgIpc) is 3.43. The molecule has 0 bridgehead atoms. The van der Waals surface area contributed by atoms with E-state index in [4.69, 9.17) is 4.74 Å². The first-order valence-corrected chi connectivity index (χ1v) is 11.7. The standard InChI is InChI=1S/C25H28F3N5O2/c1-14(18-5-4-6-20(21(18)26)25(27,28)24(34)8-9-24)30-23-19-11-16(33-10-7-17(13-33)35-3)12-29-22(19)15(2)31-32-23/h4-6,11-12,14,17,34H,7-10,13H2,1-3H3,(H,30,32)/t14-,17+/m1/s1. The summed E-state index contributed by atoms with van der Waals surface area (Å²) < 4.78 is 50.4. The van der Waals surface area contributed by atoms with Gasteiger partial charge in [0.1, 0.15) is 11.4 Å². The number of benzene rings is 1. The normalized spacial score (nSPS) is 20.3. The van der Waals surface area contributed by atoms with Crippen molar-refractivity contribution in [2.45, 2.75) is 56.8 Å². The molecule has 2 atom stereocenters. The first-order chi connectivity index (χ1) is 16.6. The number of aliphatic hydroxyl groups is 1. The quantitative estimate of drug-likeness (QED) is 0.508. The van der Waals surface area contributed by atoms with E-state index in [1.165, 1.54) is 12.1 Å². The van der Waals surface area contributed by atoms with Gasteiger partial charge >= 0.3 is 5.92 Å². The van der Waals surface area contributed by atoms with Crippen molar-refractivity contribution in [2.24, 2.45) is 0 Å². The molecule has 2 aromatic heterocycles. The number of anilines is 2. The van der Waals surface area contributed by atoms with Gasteiger partial charge in [0.25, 0.3) is 0 Å². The highest BCUT2D eigenvalue weighted by Gasteiger charge is 2.63. The molecule has 10 heteroatoms. The summed E-state index contributed by atoms with van der Waals surface area (Å²) in [4.78, 5) is 6.77. The van der Waals surface area contributed by atoms with Crippen molar-refractivity contribution in [2.75, 3.05) is 30.4 Å².